The Morgan fingerprint density at radius 2 is 1.65 bits per heavy atom. The SMILES string of the molecule is CCOC(=O)C[C@H](CCC(=O)[C@H](CC(C)C)n1nc(CCN2CC(OC)C2)c(C)cc1=O)c1cc(-c2c(C)cc(C)cc2C)cc(C)c1F. The second kappa shape index (κ2) is 16.8. The third-order valence-electron chi connectivity index (χ3n) is 9.68. The molecule has 1 saturated heterocycles. The van der Waals surface area contributed by atoms with Crippen molar-refractivity contribution in [3.8, 4) is 11.1 Å². The first-order valence-corrected chi connectivity index (χ1v) is 17.6. The molecule has 0 radical (unpaired) electrons. The summed E-state index contributed by atoms with van der Waals surface area (Å²) in [5.41, 5.74) is 7.38. The average molecular weight is 676 g/mol. The highest BCUT2D eigenvalue weighted by molar-refractivity contribution is 5.82. The van der Waals surface area contributed by atoms with Gasteiger partial charge in [0.05, 0.1) is 24.8 Å². The Labute approximate surface area is 291 Å². The number of methoxy groups -OCH3 is 1. The lowest BCUT2D eigenvalue weighted by atomic mass is 9.84. The molecule has 0 N–H and O–H groups in total. The Kier molecular flexibility index (Phi) is 13.1. The van der Waals surface area contributed by atoms with Gasteiger partial charge >= 0.3 is 5.97 Å². The van der Waals surface area contributed by atoms with Gasteiger partial charge < -0.3 is 9.47 Å². The molecule has 0 saturated carbocycles. The van der Waals surface area contributed by atoms with Gasteiger partial charge in [-0.1, -0.05) is 31.5 Å². The molecule has 1 aromatic heterocycles. The van der Waals surface area contributed by atoms with Crippen molar-refractivity contribution in [3.05, 3.63) is 85.6 Å². The number of likely N-dealkylation sites (tertiary alicyclic amines) is 1. The summed E-state index contributed by atoms with van der Waals surface area (Å²) in [6.07, 6.45) is 1.56. The van der Waals surface area contributed by atoms with E-state index in [0.717, 1.165) is 58.7 Å². The molecule has 2 atom stereocenters. The van der Waals surface area contributed by atoms with Gasteiger partial charge in [0.15, 0.2) is 5.78 Å². The van der Waals surface area contributed by atoms with Crippen LogP contribution in [0.2, 0.25) is 0 Å². The highest BCUT2D eigenvalue weighted by Gasteiger charge is 2.29. The summed E-state index contributed by atoms with van der Waals surface area (Å²) in [4.78, 5) is 42.6. The maximum Gasteiger partial charge on any atom is 0.306 e. The van der Waals surface area contributed by atoms with Crippen LogP contribution < -0.4 is 5.56 Å². The number of halogens is 1. The van der Waals surface area contributed by atoms with E-state index in [1.54, 1.807) is 27.0 Å². The normalized spacial score (nSPS) is 14.9. The molecule has 266 valence electrons. The van der Waals surface area contributed by atoms with Crippen LogP contribution >= 0.6 is 0 Å². The quantitative estimate of drug-likeness (QED) is 0.149. The summed E-state index contributed by atoms with van der Waals surface area (Å²) in [5.74, 6) is -1.46. The number of Topliss-reactive ketones (excluding diaryl/α,β-unsaturated/α-hetero) is 1. The highest BCUT2D eigenvalue weighted by atomic mass is 19.1. The minimum Gasteiger partial charge on any atom is -0.466 e. The van der Waals surface area contributed by atoms with Gasteiger partial charge in [-0.3, -0.25) is 19.3 Å². The van der Waals surface area contributed by atoms with Gasteiger partial charge in [-0.05, 0) is 117 Å². The van der Waals surface area contributed by atoms with Crippen molar-refractivity contribution in [2.24, 2.45) is 5.92 Å². The van der Waals surface area contributed by atoms with Crippen molar-refractivity contribution in [1.82, 2.24) is 14.7 Å². The van der Waals surface area contributed by atoms with Crippen LogP contribution in [0, 0.1) is 46.4 Å². The van der Waals surface area contributed by atoms with Crippen LogP contribution in [0.5, 0.6) is 0 Å². The van der Waals surface area contributed by atoms with Crippen LogP contribution in [0.15, 0.2) is 35.1 Å². The van der Waals surface area contributed by atoms with Gasteiger partial charge in [0.2, 0.25) is 0 Å². The molecule has 8 nitrogen and oxygen atoms in total. The number of carbonyl (C=O) groups is 2. The van der Waals surface area contributed by atoms with E-state index < -0.39 is 17.9 Å². The third-order valence-corrected chi connectivity index (χ3v) is 9.68. The predicted octanol–water partition coefficient (Wildman–Crippen LogP) is 7.14. The number of aryl methyl sites for hydroxylation is 5. The van der Waals surface area contributed by atoms with E-state index in [9.17, 15) is 14.4 Å². The van der Waals surface area contributed by atoms with Crippen LogP contribution in [0.3, 0.4) is 0 Å². The average Bonchev–Trinajstić information content (AvgIpc) is 2.99. The minimum absolute atomic E-state index is 0.0519. The van der Waals surface area contributed by atoms with Gasteiger partial charge in [0.1, 0.15) is 11.9 Å². The minimum atomic E-state index is -0.771. The largest absolute Gasteiger partial charge is 0.466 e. The van der Waals surface area contributed by atoms with Crippen LogP contribution in [0.4, 0.5) is 4.39 Å². The number of benzene rings is 2. The van der Waals surface area contributed by atoms with Gasteiger partial charge in [-0.15, -0.1) is 0 Å². The summed E-state index contributed by atoms with van der Waals surface area (Å²) in [7, 11) is 1.72. The topological polar surface area (TPSA) is 90.7 Å². The molecule has 1 aliphatic rings. The van der Waals surface area contributed by atoms with E-state index in [1.807, 2.05) is 46.8 Å². The van der Waals surface area contributed by atoms with E-state index in [0.29, 0.717) is 24.0 Å². The molecule has 9 heteroatoms. The van der Waals surface area contributed by atoms with Crippen molar-refractivity contribution < 1.29 is 23.5 Å². The number of nitrogens with zero attached hydrogens (tertiary/aromatic N) is 3. The number of hydrogen-bond donors (Lipinski definition) is 0. The first-order valence-electron chi connectivity index (χ1n) is 17.6. The third kappa shape index (κ3) is 9.51. The van der Waals surface area contributed by atoms with Gasteiger partial charge in [-0.2, -0.15) is 5.10 Å². The molecule has 0 unspecified atom stereocenters. The lowest BCUT2D eigenvalue weighted by molar-refractivity contribution is -0.143. The molecule has 2 aromatic carbocycles. The van der Waals surface area contributed by atoms with Crippen molar-refractivity contribution in [1.29, 1.82) is 0 Å². The number of ether oxygens (including phenoxy) is 2. The fraction of sp³-hybridized carbons (Fsp3) is 0.550. The Morgan fingerprint density at radius 3 is 2.27 bits per heavy atom. The number of carbonyl (C=O) groups excluding carboxylic acids is 2. The number of ketones is 1. The van der Waals surface area contributed by atoms with Crippen LogP contribution in [0.1, 0.15) is 97.5 Å². The van der Waals surface area contributed by atoms with Crippen LogP contribution in [-0.4, -0.2) is 65.9 Å². The molecule has 0 aliphatic carbocycles. The Morgan fingerprint density at radius 1 is 0.980 bits per heavy atom. The zero-order valence-corrected chi connectivity index (χ0v) is 30.8. The lowest BCUT2D eigenvalue weighted by Gasteiger charge is -2.38. The molecule has 49 heavy (non-hydrogen) atoms. The summed E-state index contributed by atoms with van der Waals surface area (Å²) in [5, 5.41) is 4.76. The van der Waals surface area contributed by atoms with E-state index >= 15 is 4.39 Å². The fourth-order valence-electron chi connectivity index (χ4n) is 7.14. The first-order chi connectivity index (χ1) is 23.2. The maximum atomic E-state index is 16.0. The summed E-state index contributed by atoms with van der Waals surface area (Å²) >= 11 is 0. The van der Waals surface area contributed by atoms with Gasteiger partial charge in [0, 0.05) is 45.7 Å². The number of hydrogen-bond acceptors (Lipinski definition) is 7. The molecule has 1 aliphatic heterocycles. The molecular weight excluding hydrogens is 621 g/mol. The molecule has 0 bridgehead atoms. The first kappa shape index (κ1) is 38.1. The van der Waals surface area contributed by atoms with Gasteiger partial charge in [0.25, 0.3) is 5.56 Å². The molecule has 0 amide bonds. The van der Waals surface area contributed by atoms with Gasteiger partial charge in [-0.25, -0.2) is 9.07 Å². The molecule has 3 aromatic rings. The standard InChI is InChI=1S/C40H54FN3O5/c1-10-49-38(47)21-30(33-20-31(18-29(8)40(33)41)39-27(6)16-25(4)17-28(39)7)11-12-36(45)35(15-24(2)3)44-37(46)19-26(5)34(42-44)13-14-43-22-32(23-43)48-9/h16-20,24,30,32,35H,10-15,21-23H2,1-9H3/t30-,35-/m0/s1. The maximum absolute atomic E-state index is 16.0. The molecule has 1 fully saturated rings. The van der Waals surface area contributed by atoms with Crippen LogP contribution in [-0.2, 0) is 25.5 Å². The number of aromatic nitrogens is 2. The van der Waals surface area contributed by atoms with E-state index in [2.05, 4.69) is 24.0 Å². The summed E-state index contributed by atoms with van der Waals surface area (Å²) < 4.78 is 28.0. The predicted molar refractivity (Wildman–Crippen MR) is 192 cm³/mol. The molecule has 4 rings (SSSR count). The Bertz CT molecular complexity index is 1690. The second-order valence-electron chi connectivity index (χ2n) is 14.3. The molecule has 0 spiro atoms. The van der Waals surface area contributed by atoms with E-state index in [4.69, 9.17) is 14.6 Å². The lowest BCUT2D eigenvalue weighted by Crippen LogP contribution is -2.52. The second-order valence-corrected chi connectivity index (χ2v) is 14.3. The van der Waals surface area contributed by atoms with Crippen molar-refractivity contribution in [3.63, 3.8) is 0 Å². The summed E-state index contributed by atoms with van der Waals surface area (Å²) in [6, 6.07) is 8.70. The molecule has 2 heterocycles. The summed E-state index contributed by atoms with van der Waals surface area (Å²) in [6.45, 7) is 18.2. The van der Waals surface area contributed by atoms with Crippen molar-refractivity contribution in [2.45, 2.75) is 106 Å². The number of esters is 1. The molecular formula is C40H54FN3O5. The van der Waals surface area contributed by atoms with Crippen LogP contribution in [0.25, 0.3) is 11.1 Å². The smallest absolute Gasteiger partial charge is 0.306 e. The van der Waals surface area contributed by atoms with E-state index in [-0.39, 0.29) is 55.1 Å². The zero-order chi connectivity index (χ0) is 36.0. The monoisotopic (exact) mass is 675 g/mol. The number of rotatable bonds is 16. The fourth-order valence-corrected chi connectivity index (χ4v) is 7.14. The van der Waals surface area contributed by atoms with Crippen molar-refractivity contribution >= 4 is 11.8 Å². The van der Waals surface area contributed by atoms with Crippen molar-refractivity contribution in [2.75, 3.05) is 33.4 Å². The highest BCUT2D eigenvalue weighted by Crippen LogP contribution is 2.37. The zero-order valence-electron chi connectivity index (χ0n) is 30.8. The van der Waals surface area contributed by atoms with E-state index in [1.165, 1.54) is 4.68 Å². The Balaban J connectivity index is 1.64. The Hall–Kier alpha value is -3.69.